The fraction of sp³-hybridized carbons (Fsp3) is 0.214. The first-order valence-electron chi connectivity index (χ1n) is 46.2. The summed E-state index contributed by atoms with van der Waals surface area (Å²) in [5.74, 6) is 0. The summed E-state index contributed by atoms with van der Waals surface area (Å²) in [6.07, 6.45) is 14.2. The first-order valence-corrected chi connectivity index (χ1v) is 49.2. The van der Waals surface area contributed by atoms with Crippen molar-refractivity contribution in [2.24, 2.45) is 0 Å². The molecular weight excluding hydrogens is 1920 g/mol. The van der Waals surface area contributed by atoms with Crippen molar-refractivity contribution in [3.63, 3.8) is 0 Å². The number of aromatic nitrogens is 8. The lowest BCUT2D eigenvalue weighted by Gasteiger charge is -2.39. The van der Waals surface area contributed by atoms with Gasteiger partial charge in [-0.15, -0.1) is 0 Å². The zero-order valence-corrected chi connectivity index (χ0v) is 82.9. The normalized spacial score (nSPS) is 14.4. The number of aryl methyl sites for hydroxylation is 3. The Morgan fingerprint density at radius 1 is 0.221 bits per heavy atom. The zero-order chi connectivity index (χ0) is 96.6. The summed E-state index contributed by atoms with van der Waals surface area (Å²) >= 11 is 49.2. The van der Waals surface area contributed by atoms with Crippen LogP contribution in [0, 0.1) is 20.8 Å². The number of piperazine rings is 4. The Morgan fingerprint density at radius 3 is 0.636 bits per heavy atom. The van der Waals surface area contributed by atoms with Gasteiger partial charge in [0.25, 0.3) is 0 Å². The molecule has 20 nitrogen and oxygen atoms in total. The molecule has 0 unspecified atom stereocenters. The zero-order valence-electron chi connectivity index (χ0n) is 76.8. The average molecular weight is 2020 g/mol. The average Bonchev–Trinajstić information content (AvgIpc) is 1.10. The third-order valence-electron chi connectivity index (χ3n) is 25.8. The van der Waals surface area contributed by atoms with Crippen molar-refractivity contribution in [2.75, 3.05) is 105 Å². The van der Waals surface area contributed by atoms with Crippen LogP contribution in [0.5, 0.6) is 0 Å². The third kappa shape index (κ3) is 24.9. The van der Waals surface area contributed by atoms with Gasteiger partial charge in [-0.05, 0) is 196 Å². The van der Waals surface area contributed by atoms with E-state index < -0.39 is 0 Å². The lowest BCUT2D eigenvalue weighted by atomic mass is 9.96. The van der Waals surface area contributed by atoms with Gasteiger partial charge in [0.1, 0.15) is 0 Å². The minimum Gasteiger partial charge on any atom is -0.320 e. The van der Waals surface area contributed by atoms with Crippen LogP contribution in [0.2, 0.25) is 40.2 Å². The van der Waals surface area contributed by atoms with Crippen molar-refractivity contribution in [2.45, 2.75) is 52.4 Å². The number of carbonyl (C=O) groups is 4. The molecule has 4 aromatic heterocycles. The fourth-order valence-electron chi connectivity index (χ4n) is 18.3. The molecule has 4 aliphatic rings. The first-order chi connectivity index (χ1) is 67.5. The molecule has 4 fully saturated rings. The van der Waals surface area contributed by atoms with E-state index in [1.807, 2.05) is 214 Å². The monoisotopic (exact) mass is 2020 g/mol. The van der Waals surface area contributed by atoms with Crippen LogP contribution in [0.4, 0.5) is 19.2 Å². The second-order valence-electron chi connectivity index (χ2n) is 34.8. The summed E-state index contributed by atoms with van der Waals surface area (Å²) in [7, 11) is 0. The number of hydrogen-bond donors (Lipinski definition) is 0. The molecule has 0 N–H and O–H groups in total. The predicted molar refractivity (Wildman–Crippen MR) is 566 cm³/mol. The highest BCUT2D eigenvalue weighted by atomic mass is 35.5. The smallest absolute Gasteiger partial charge is 0.320 e. The van der Waals surface area contributed by atoms with Gasteiger partial charge in [-0.1, -0.05) is 306 Å². The van der Waals surface area contributed by atoms with Gasteiger partial charge in [-0.25, -0.2) is 19.2 Å². The van der Waals surface area contributed by atoms with Crippen molar-refractivity contribution >= 4 is 117 Å². The Labute approximate surface area is 857 Å². The van der Waals surface area contributed by atoms with Crippen LogP contribution >= 0.6 is 92.8 Å². The molecule has 28 heteroatoms. The number of benzene rings is 12. The van der Waals surface area contributed by atoms with Crippen LogP contribution in [-0.2, 0) is 0 Å². The molecule has 12 aromatic carbocycles. The van der Waals surface area contributed by atoms with Gasteiger partial charge in [0, 0.05) is 192 Å². The topological polar surface area (TPSA) is 165 Å². The maximum atomic E-state index is 13.2. The Morgan fingerprint density at radius 2 is 0.414 bits per heavy atom. The molecule has 714 valence electrons. The van der Waals surface area contributed by atoms with Gasteiger partial charge in [0.2, 0.25) is 0 Å². The molecule has 0 atom stereocenters. The highest BCUT2D eigenvalue weighted by molar-refractivity contribution is 6.32. The van der Waals surface area contributed by atoms with E-state index in [0.29, 0.717) is 92.5 Å². The molecule has 0 bridgehead atoms. The number of amides is 4. The predicted octanol–water partition coefficient (Wildman–Crippen LogP) is 26.5. The van der Waals surface area contributed by atoms with E-state index in [2.05, 4.69) is 182 Å². The summed E-state index contributed by atoms with van der Waals surface area (Å²) < 4.78 is 5.79. The molecule has 16 aromatic rings. The van der Waals surface area contributed by atoms with Crippen LogP contribution in [0.1, 0.15) is 92.8 Å². The quantitative estimate of drug-likeness (QED) is 0.0900. The van der Waals surface area contributed by atoms with Crippen molar-refractivity contribution in [3.8, 4) is 44.5 Å². The Bertz CT molecular complexity index is 6410. The van der Waals surface area contributed by atoms with Crippen LogP contribution in [-0.4, -0.2) is 207 Å². The van der Waals surface area contributed by atoms with Crippen molar-refractivity contribution in [1.29, 1.82) is 0 Å². The van der Waals surface area contributed by atoms with Crippen LogP contribution in [0.3, 0.4) is 0 Å². The molecular formula is C112H106Cl8N16O4. The Hall–Kier alpha value is -12.5. The van der Waals surface area contributed by atoms with E-state index in [4.69, 9.17) is 92.8 Å². The molecule has 8 heterocycles. The number of hydrogen-bond acceptors (Lipinski definition) is 12. The summed E-state index contributed by atoms with van der Waals surface area (Å²) in [5.41, 5.74) is 20.8. The van der Waals surface area contributed by atoms with Crippen LogP contribution < -0.4 is 0 Å². The van der Waals surface area contributed by atoms with Gasteiger partial charge >= 0.3 is 24.1 Å². The molecule has 4 amide bonds. The van der Waals surface area contributed by atoms with E-state index in [1.54, 1.807) is 31.0 Å². The largest absolute Gasteiger partial charge is 0.344 e. The maximum Gasteiger partial charge on any atom is 0.344 e. The fourth-order valence-corrected chi connectivity index (χ4v) is 19.3. The van der Waals surface area contributed by atoms with Crippen molar-refractivity contribution < 1.29 is 19.2 Å². The number of rotatable bonds is 16. The molecule has 0 radical (unpaired) electrons. The summed E-state index contributed by atoms with van der Waals surface area (Å²) in [6, 6.07) is 98.0. The highest BCUT2D eigenvalue weighted by Gasteiger charge is 2.35. The molecule has 140 heavy (non-hydrogen) atoms. The molecule has 0 aliphatic carbocycles. The van der Waals surface area contributed by atoms with Gasteiger partial charge < -0.3 is 19.6 Å². The minimum atomic E-state index is -0.101. The third-order valence-corrected chi connectivity index (χ3v) is 27.8. The minimum absolute atomic E-state index is 0. The van der Waals surface area contributed by atoms with Crippen molar-refractivity contribution in [3.05, 3.63) is 448 Å². The van der Waals surface area contributed by atoms with E-state index in [9.17, 15) is 19.2 Å². The SMILES string of the molecule is C.Cc1ccc(-c2cnn(C(=O)N3CCN(C(c4ccc(Cl)cc4)c4ccc(Cl)cc4)CC3)c2)cc1.Cc1ccccc1-c1cnn(C(=O)N2CCN(C(c3ccc(Cl)cc3)c3ccc(Cl)cc3)CC2)c1.Cc1ccccc1-c1cnn(C(=O)N2CCN(C(c3ccc(Cl)cc3)c3ccc(Cl)cc3)CC2)c1.O=C(N1CCN(C(c2ccc(Cl)cc2)c2ccc(Cl)cc2)CC1)n1cc(-c2ccccc2)cn1. The van der Waals surface area contributed by atoms with Crippen LogP contribution in [0.15, 0.2) is 347 Å². The Balaban J connectivity index is 0.000000134. The number of nitrogens with zero attached hydrogens (tertiary/aromatic N) is 16. The maximum absolute atomic E-state index is 13.2. The Kier molecular flexibility index (Phi) is 33.9. The number of halogens is 8. The summed E-state index contributed by atoms with van der Waals surface area (Å²) in [4.78, 5) is 69.7. The van der Waals surface area contributed by atoms with Crippen molar-refractivity contribution in [1.82, 2.24) is 78.3 Å². The molecule has 20 rings (SSSR count). The van der Waals surface area contributed by atoms with Gasteiger partial charge in [-0.2, -0.15) is 39.1 Å². The first kappa shape index (κ1) is 100. The van der Waals surface area contributed by atoms with Gasteiger partial charge in [0.05, 0.1) is 49.0 Å². The lowest BCUT2D eigenvalue weighted by Crippen LogP contribution is -2.51. The second-order valence-corrected chi connectivity index (χ2v) is 38.3. The van der Waals surface area contributed by atoms with E-state index in [1.165, 1.54) is 24.3 Å². The second kappa shape index (κ2) is 47.2. The van der Waals surface area contributed by atoms with Crippen LogP contribution in [0.25, 0.3) is 44.5 Å². The standard InChI is InChI=1S/3C28H26Cl2N4O.C27H24Cl2N4O.CH4/c1-20-2-4-21(5-3-20)24-18-31-34(19-24)28(35)33-16-14-32(15-17-33)27(22-6-10-25(29)11-7-22)23-8-12-26(30)13-9-23;2*1-20-4-2-3-5-26(20)23-18-31-34(19-23)28(35)33-16-14-32(15-17-33)27(21-6-10-24(29)11-7-21)22-8-12-25(30)13-9-22;28-24-10-6-21(7-11-24)26(22-8-12-25(29)13-9-22)31-14-16-32(17-15-31)27(34)33-19-23(18-30-33)20-4-2-1-3-5-20;/h3*2-13,18-19,27H,14-17H2,1H3;1-13,18-19,26H,14-17H2;1H4. The van der Waals surface area contributed by atoms with Gasteiger partial charge in [0.15, 0.2) is 0 Å². The summed E-state index contributed by atoms with van der Waals surface area (Å²) in [6.45, 7) is 17.1. The van der Waals surface area contributed by atoms with E-state index >= 15 is 0 Å². The van der Waals surface area contributed by atoms with E-state index in [-0.39, 0.29) is 55.7 Å². The molecule has 0 spiro atoms. The molecule has 4 aliphatic heterocycles. The number of carbonyl (C=O) groups excluding carboxylic acids is 4. The molecule has 4 saturated heterocycles. The summed E-state index contributed by atoms with van der Waals surface area (Å²) in [5, 5.41) is 23.1. The van der Waals surface area contributed by atoms with E-state index in [0.717, 1.165) is 153 Å². The molecule has 0 saturated carbocycles. The lowest BCUT2D eigenvalue weighted by molar-refractivity contribution is 0.119. The van der Waals surface area contributed by atoms with Gasteiger partial charge in [-0.3, -0.25) is 19.6 Å². The highest BCUT2D eigenvalue weighted by Crippen LogP contribution is 2.39.